The lowest BCUT2D eigenvalue weighted by Crippen LogP contribution is -2.12. The zero-order valence-corrected chi connectivity index (χ0v) is 13.6. The first kappa shape index (κ1) is 16.6. The summed E-state index contributed by atoms with van der Waals surface area (Å²) in [6, 6.07) is 11.9. The number of hydrogen-bond donors (Lipinski definition) is 0. The number of hydrogen-bond acceptors (Lipinski definition) is 6. The maximum absolute atomic E-state index is 12.0. The van der Waals surface area contributed by atoms with Gasteiger partial charge in [0.25, 0.3) is 0 Å². The fourth-order valence-corrected chi connectivity index (χ4v) is 2.23. The molecular formula is C19H16O6. The van der Waals surface area contributed by atoms with Gasteiger partial charge in [-0.05, 0) is 48.0 Å². The van der Waals surface area contributed by atoms with Crippen molar-refractivity contribution in [2.24, 2.45) is 0 Å². The van der Waals surface area contributed by atoms with Gasteiger partial charge in [-0.1, -0.05) is 6.07 Å². The molecule has 1 heterocycles. The van der Waals surface area contributed by atoms with Crippen LogP contribution in [-0.4, -0.2) is 32.3 Å². The third-order valence-electron chi connectivity index (χ3n) is 3.57. The molecule has 0 bridgehead atoms. The predicted octanol–water partition coefficient (Wildman–Crippen LogP) is 2.86. The van der Waals surface area contributed by atoms with E-state index < -0.39 is 5.97 Å². The van der Waals surface area contributed by atoms with Crippen LogP contribution in [0.1, 0.15) is 15.9 Å². The van der Waals surface area contributed by atoms with Crippen molar-refractivity contribution in [2.45, 2.75) is 0 Å². The Morgan fingerprint density at radius 2 is 1.84 bits per heavy atom. The molecule has 25 heavy (non-hydrogen) atoms. The molecule has 0 saturated carbocycles. The largest absolute Gasteiger partial charge is 0.497 e. The summed E-state index contributed by atoms with van der Waals surface area (Å²) in [5.74, 6) is 1.07. The van der Waals surface area contributed by atoms with Gasteiger partial charge >= 0.3 is 5.97 Å². The molecule has 6 heteroatoms. The smallest absolute Gasteiger partial charge is 0.331 e. The Balaban J connectivity index is 1.52. The molecule has 0 aromatic heterocycles. The standard InChI is InChI=1S/C19H16O6/c1-22-15-6-4-14(5-7-15)16(20)11-23-19(21)9-3-13-2-8-17-18(10-13)25-12-24-17/h2-10H,11-12H2,1H3/b9-3-. The van der Waals surface area contributed by atoms with Crippen LogP contribution in [-0.2, 0) is 9.53 Å². The minimum atomic E-state index is -0.598. The monoisotopic (exact) mass is 340 g/mol. The number of ether oxygens (including phenoxy) is 4. The summed E-state index contributed by atoms with van der Waals surface area (Å²) in [5, 5.41) is 0. The van der Waals surface area contributed by atoms with Crippen LogP contribution in [0, 0.1) is 0 Å². The molecule has 0 aliphatic carbocycles. The Kier molecular flexibility index (Phi) is 4.99. The van der Waals surface area contributed by atoms with Crippen molar-refractivity contribution in [2.75, 3.05) is 20.5 Å². The highest BCUT2D eigenvalue weighted by Crippen LogP contribution is 2.32. The van der Waals surface area contributed by atoms with E-state index >= 15 is 0 Å². The van der Waals surface area contributed by atoms with Crippen molar-refractivity contribution in [3.8, 4) is 17.2 Å². The highest BCUT2D eigenvalue weighted by atomic mass is 16.7. The van der Waals surface area contributed by atoms with Crippen LogP contribution >= 0.6 is 0 Å². The van der Waals surface area contributed by atoms with Crippen molar-refractivity contribution in [3.63, 3.8) is 0 Å². The zero-order chi connectivity index (χ0) is 17.6. The van der Waals surface area contributed by atoms with E-state index in [9.17, 15) is 9.59 Å². The second-order valence-electron chi connectivity index (χ2n) is 5.21. The SMILES string of the molecule is COc1ccc(C(=O)COC(=O)/C=C\c2ccc3c(c2)OCO3)cc1. The molecule has 0 saturated heterocycles. The number of fused-ring (bicyclic) bond motifs is 1. The number of Topliss-reactive ketones (excluding diaryl/α,β-unsaturated/α-hetero) is 1. The van der Waals surface area contributed by atoms with E-state index in [2.05, 4.69) is 0 Å². The maximum atomic E-state index is 12.0. The van der Waals surface area contributed by atoms with Crippen LogP contribution in [0.25, 0.3) is 6.08 Å². The van der Waals surface area contributed by atoms with Gasteiger partial charge in [0.15, 0.2) is 23.9 Å². The molecule has 0 amide bonds. The van der Waals surface area contributed by atoms with Crippen LogP contribution < -0.4 is 14.2 Å². The fourth-order valence-electron chi connectivity index (χ4n) is 2.23. The Morgan fingerprint density at radius 1 is 1.08 bits per heavy atom. The van der Waals surface area contributed by atoms with Crippen molar-refractivity contribution in [3.05, 3.63) is 59.7 Å². The quantitative estimate of drug-likeness (QED) is 0.457. The minimum Gasteiger partial charge on any atom is -0.497 e. The lowest BCUT2D eigenvalue weighted by molar-refractivity contribution is -0.136. The Bertz CT molecular complexity index is 807. The summed E-state index contributed by atoms with van der Waals surface area (Å²) < 4.78 is 20.5. The molecule has 2 aromatic carbocycles. The number of methoxy groups -OCH3 is 1. The molecule has 0 atom stereocenters. The third kappa shape index (κ3) is 4.17. The first-order valence-corrected chi connectivity index (χ1v) is 7.57. The summed E-state index contributed by atoms with van der Waals surface area (Å²) in [6.07, 6.45) is 2.85. The average molecular weight is 340 g/mol. The normalized spacial score (nSPS) is 12.2. The second kappa shape index (κ2) is 7.53. The molecule has 1 aliphatic heterocycles. The van der Waals surface area contributed by atoms with Crippen LogP contribution in [0.15, 0.2) is 48.5 Å². The Labute approximate surface area is 144 Å². The maximum Gasteiger partial charge on any atom is 0.331 e. The molecule has 0 fully saturated rings. The van der Waals surface area contributed by atoms with Crippen molar-refractivity contribution < 1.29 is 28.5 Å². The van der Waals surface area contributed by atoms with E-state index in [-0.39, 0.29) is 19.2 Å². The molecule has 1 aliphatic rings. The van der Waals surface area contributed by atoms with E-state index in [0.29, 0.717) is 22.8 Å². The van der Waals surface area contributed by atoms with Gasteiger partial charge in [0, 0.05) is 11.6 Å². The molecule has 3 rings (SSSR count). The predicted molar refractivity (Wildman–Crippen MR) is 89.9 cm³/mol. The van der Waals surface area contributed by atoms with E-state index in [1.807, 2.05) is 0 Å². The summed E-state index contributed by atoms with van der Waals surface area (Å²) in [5.41, 5.74) is 1.22. The first-order valence-electron chi connectivity index (χ1n) is 7.57. The van der Waals surface area contributed by atoms with E-state index in [1.165, 1.54) is 6.08 Å². The second-order valence-corrected chi connectivity index (χ2v) is 5.21. The lowest BCUT2D eigenvalue weighted by atomic mass is 10.1. The first-order chi connectivity index (χ1) is 12.2. The van der Waals surface area contributed by atoms with Gasteiger partial charge in [0.05, 0.1) is 7.11 Å². The number of ketones is 1. The summed E-state index contributed by atoms with van der Waals surface area (Å²) in [7, 11) is 1.55. The molecule has 0 radical (unpaired) electrons. The van der Waals surface area contributed by atoms with Gasteiger partial charge in [-0.15, -0.1) is 0 Å². The topological polar surface area (TPSA) is 71.1 Å². The molecule has 0 N–H and O–H groups in total. The van der Waals surface area contributed by atoms with Crippen LogP contribution in [0.4, 0.5) is 0 Å². The highest BCUT2D eigenvalue weighted by molar-refractivity contribution is 5.99. The third-order valence-corrected chi connectivity index (χ3v) is 3.57. The van der Waals surface area contributed by atoms with E-state index in [0.717, 1.165) is 5.56 Å². The zero-order valence-electron chi connectivity index (χ0n) is 13.6. The average Bonchev–Trinajstić information content (AvgIpc) is 3.12. The fraction of sp³-hybridized carbons (Fsp3) is 0.158. The summed E-state index contributed by atoms with van der Waals surface area (Å²) >= 11 is 0. The summed E-state index contributed by atoms with van der Waals surface area (Å²) in [4.78, 5) is 23.7. The lowest BCUT2D eigenvalue weighted by Gasteiger charge is -2.03. The number of esters is 1. The number of rotatable bonds is 6. The van der Waals surface area contributed by atoms with Gasteiger partial charge in [-0.25, -0.2) is 4.79 Å². The van der Waals surface area contributed by atoms with Gasteiger partial charge in [-0.2, -0.15) is 0 Å². The number of carbonyl (C=O) groups excluding carboxylic acids is 2. The molecule has 2 aromatic rings. The minimum absolute atomic E-state index is 0.192. The molecular weight excluding hydrogens is 324 g/mol. The van der Waals surface area contributed by atoms with Crippen LogP contribution in [0.2, 0.25) is 0 Å². The van der Waals surface area contributed by atoms with Crippen LogP contribution in [0.5, 0.6) is 17.2 Å². The molecule has 0 unspecified atom stereocenters. The number of benzene rings is 2. The van der Waals surface area contributed by atoms with E-state index in [1.54, 1.807) is 55.7 Å². The van der Waals surface area contributed by atoms with Gasteiger partial charge in [-0.3, -0.25) is 4.79 Å². The van der Waals surface area contributed by atoms with Crippen LogP contribution in [0.3, 0.4) is 0 Å². The molecule has 128 valence electrons. The van der Waals surface area contributed by atoms with Crippen molar-refractivity contribution in [1.82, 2.24) is 0 Å². The Morgan fingerprint density at radius 3 is 2.60 bits per heavy atom. The van der Waals surface area contributed by atoms with E-state index in [4.69, 9.17) is 18.9 Å². The number of carbonyl (C=O) groups is 2. The molecule has 0 spiro atoms. The van der Waals surface area contributed by atoms with Gasteiger partial charge < -0.3 is 18.9 Å². The van der Waals surface area contributed by atoms with Gasteiger partial charge in [0.1, 0.15) is 5.75 Å². The Hall–Kier alpha value is -3.28. The van der Waals surface area contributed by atoms with Gasteiger partial charge in [0.2, 0.25) is 6.79 Å². The highest BCUT2D eigenvalue weighted by Gasteiger charge is 2.12. The molecule has 6 nitrogen and oxygen atoms in total. The summed E-state index contributed by atoms with van der Waals surface area (Å²) in [6.45, 7) is -0.130. The van der Waals surface area contributed by atoms with Crippen molar-refractivity contribution >= 4 is 17.8 Å². The van der Waals surface area contributed by atoms with Crippen molar-refractivity contribution in [1.29, 1.82) is 0 Å².